The van der Waals surface area contributed by atoms with E-state index in [-0.39, 0.29) is 18.9 Å². The van der Waals surface area contributed by atoms with Gasteiger partial charge in [-0.25, -0.2) is 0 Å². The predicted octanol–water partition coefficient (Wildman–Crippen LogP) is -0.0165. The molecule has 1 rings (SSSR count). The molecule has 0 radical (unpaired) electrons. The first-order valence-corrected chi connectivity index (χ1v) is 13.9. The van der Waals surface area contributed by atoms with Crippen LogP contribution in [0.4, 0.5) is 0 Å². The fourth-order valence-electron chi connectivity index (χ4n) is 2.92. The number of hydrogen-bond acceptors (Lipinski definition) is 8. The van der Waals surface area contributed by atoms with E-state index in [2.05, 4.69) is 44.1 Å². The Labute approximate surface area is 257 Å². The number of allylic oxidation sites excluding steroid dienone is 4. The fraction of sp³-hybridized carbons (Fsp3) is 0.481. The average molecular weight is 625 g/mol. The number of hydrogen-bond donors (Lipinski definition) is 10. The van der Waals surface area contributed by atoms with Crippen molar-refractivity contribution in [2.75, 3.05) is 26.2 Å². The molecule has 0 aromatic carbocycles. The van der Waals surface area contributed by atoms with Gasteiger partial charge in [0.25, 0.3) is 0 Å². The number of nitrogens with one attached hydrogen (secondary N) is 5. The largest absolute Gasteiger partial charge is 0.480 e. The van der Waals surface area contributed by atoms with Gasteiger partial charge in [-0.15, -0.1) is 0 Å². The fourth-order valence-corrected chi connectivity index (χ4v) is 3.14. The van der Waals surface area contributed by atoms with Crippen LogP contribution in [0.3, 0.4) is 0 Å². The molecule has 2 unspecified atom stereocenters. The highest BCUT2D eigenvalue weighted by Crippen LogP contribution is 2.01. The number of guanidine groups is 1. The zero-order valence-electron chi connectivity index (χ0n) is 25.0. The number of carboxylic acids is 1. The highest BCUT2D eigenvalue weighted by molar-refractivity contribution is 7.71. The van der Waals surface area contributed by atoms with Crippen LogP contribution in [0.25, 0.3) is 0 Å². The molecular formula is C27H48N10O5S. The minimum Gasteiger partial charge on any atom is -0.480 e. The van der Waals surface area contributed by atoms with Gasteiger partial charge in [0.15, 0.2) is 10.7 Å². The van der Waals surface area contributed by atoms with Gasteiger partial charge >= 0.3 is 5.97 Å². The van der Waals surface area contributed by atoms with Crippen LogP contribution in [0.1, 0.15) is 44.7 Å². The number of aliphatic carboxylic acids is 1. The summed E-state index contributed by atoms with van der Waals surface area (Å²) in [5.74, 6) is -3.01. The van der Waals surface area contributed by atoms with Crippen molar-refractivity contribution < 1.29 is 24.3 Å². The molecule has 0 aliphatic carbocycles. The first-order chi connectivity index (χ1) is 20.3. The molecule has 0 aliphatic heterocycles. The topological polar surface area (TPSA) is 273 Å². The first kappa shape index (κ1) is 40.9. The van der Waals surface area contributed by atoms with Gasteiger partial charge in [-0.2, -0.15) is 0 Å². The van der Waals surface area contributed by atoms with Crippen LogP contribution in [0.5, 0.6) is 0 Å². The van der Waals surface area contributed by atoms with E-state index in [1.165, 1.54) is 0 Å². The Bertz CT molecular complexity index is 1130. The summed E-state index contributed by atoms with van der Waals surface area (Å²) in [6, 6.07) is -1.77. The number of rotatable bonds is 17. The van der Waals surface area contributed by atoms with E-state index >= 15 is 0 Å². The summed E-state index contributed by atoms with van der Waals surface area (Å²) in [4.78, 5) is 56.1. The number of nitrogens with zero attached hydrogens (tertiary/aromatic N) is 1. The maximum atomic E-state index is 12.1. The minimum absolute atomic E-state index is 0.0481. The zero-order valence-corrected chi connectivity index (χ0v) is 25.8. The van der Waals surface area contributed by atoms with Gasteiger partial charge in [0, 0.05) is 18.4 Å². The molecule has 0 fully saturated rings. The Balaban J connectivity index is 0. The molecule has 242 valence electrons. The van der Waals surface area contributed by atoms with Crippen LogP contribution in [-0.2, 0) is 19.2 Å². The summed E-state index contributed by atoms with van der Waals surface area (Å²) >= 11 is 4.72. The van der Waals surface area contributed by atoms with Crippen molar-refractivity contribution in [2.45, 2.75) is 58.0 Å². The molecule has 0 bridgehead atoms. The van der Waals surface area contributed by atoms with Crippen molar-refractivity contribution >= 4 is 41.9 Å². The van der Waals surface area contributed by atoms with Gasteiger partial charge < -0.3 is 54.0 Å². The van der Waals surface area contributed by atoms with E-state index in [9.17, 15) is 19.2 Å². The van der Waals surface area contributed by atoms with Crippen LogP contribution in [0.2, 0.25) is 0 Å². The Morgan fingerprint density at radius 2 is 1.74 bits per heavy atom. The van der Waals surface area contributed by atoms with E-state index in [4.69, 9.17) is 40.3 Å². The van der Waals surface area contributed by atoms with Crippen molar-refractivity contribution in [1.82, 2.24) is 25.9 Å². The monoisotopic (exact) mass is 624 g/mol. The number of aromatic nitrogens is 2. The molecule has 0 saturated carbocycles. The van der Waals surface area contributed by atoms with Crippen LogP contribution < -0.4 is 38.9 Å². The van der Waals surface area contributed by atoms with Crippen LogP contribution in [0, 0.1) is 11.7 Å². The number of H-pyrrole nitrogens is 2. The number of aromatic amines is 2. The van der Waals surface area contributed by atoms with E-state index in [1.807, 2.05) is 26.1 Å². The normalized spacial score (nSPS) is 11.6. The summed E-state index contributed by atoms with van der Waals surface area (Å²) in [6.07, 6.45) is 9.59. The van der Waals surface area contributed by atoms with E-state index < -0.39 is 42.3 Å². The SMILES string of the molecule is C=C/C=C(/C)C=C.Cc1c[nH]c(=S)[nH]1.NCCCCC(NC(=O)CNC(=O)C(N)CCCN=C(N)N)C(=O)NCC(=O)O. The van der Waals surface area contributed by atoms with Crippen LogP contribution in [-0.4, -0.2) is 83.0 Å². The van der Waals surface area contributed by atoms with Gasteiger partial charge in [-0.05, 0) is 64.7 Å². The Morgan fingerprint density at radius 3 is 2.19 bits per heavy atom. The van der Waals surface area contributed by atoms with Crippen molar-refractivity contribution in [3.63, 3.8) is 0 Å². The molecule has 1 aromatic rings. The molecule has 43 heavy (non-hydrogen) atoms. The maximum absolute atomic E-state index is 12.1. The van der Waals surface area contributed by atoms with Gasteiger partial charge in [0.05, 0.1) is 12.6 Å². The number of amides is 3. The third-order valence-electron chi connectivity index (χ3n) is 5.17. The molecular weight excluding hydrogens is 576 g/mol. The van der Waals surface area contributed by atoms with Crippen LogP contribution >= 0.6 is 12.2 Å². The lowest BCUT2D eigenvalue weighted by Crippen LogP contribution is -2.51. The summed E-state index contributed by atoms with van der Waals surface area (Å²) in [7, 11) is 0. The molecule has 1 heterocycles. The van der Waals surface area contributed by atoms with E-state index in [1.54, 1.807) is 12.2 Å². The van der Waals surface area contributed by atoms with Gasteiger partial charge in [-0.1, -0.05) is 37.0 Å². The molecule has 3 amide bonds. The number of carbonyl (C=O) groups is 4. The zero-order chi connectivity index (χ0) is 33.2. The van der Waals surface area contributed by atoms with E-state index in [0.717, 1.165) is 11.3 Å². The Hall–Kier alpha value is -4.28. The van der Waals surface area contributed by atoms with E-state index in [0.29, 0.717) is 43.5 Å². The number of carboxylic acid groups (broad SMARTS) is 1. The number of unbranched alkanes of at least 4 members (excludes halogenated alkanes) is 1. The number of imidazole rings is 1. The highest BCUT2D eigenvalue weighted by atomic mass is 32.1. The quantitative estimate of drug-likeness (QED) is 0.0364. The summed E-state index contributed by atoms with van der Waals surface area (Å²) in [5, 5.41) is 15.7. The number of aliphatic imine (C=N–C) groups is 1. The molecule has 14 N–H and O–H groups in total. The second-order valence-electron chi connectivity index (χ2n) is 9.07. The summed E-state index contributed by atoms with van der Waals surface area (Å²) in [6.45, 7) is 10.8. The predicted molar refractivity (Wildman–Crippen MR) is 171 cm³/mol. The standard InChI is InChI=1S/C16H32N8O5.C7H10.C4H6N2S/c17-6-2-1-5-11(15(29)23-9-13(26)27)24-12(25)8-22-14(28)10(18)4-3-7-21-16(19)20;1-4-6-7(3)5-2;1-3-2-5-4(7)6-3/h10-11H,1-9,17-18H2,(H,22,28)(H,23,29)(H,24,25)(H,26,27)(H4,19,20,21);4-6H,1-2H2,3H3;2H,1H3,(H2,5,6,7)/b;7-6-;. The lowest BCUT2D eigenvalue weighted by Gasteiger charge is -2.18. The molecule has 16 heteroatoms. The molecule has 2 atom stereocenters. The highest BCUT2D eigenvalue weighted by Gasteiger charge is 2.21. The lowest BCUT2D eigenvalue weighted by atomic mass is 10.1. The Kier molecular flexibility index (Phi) is 24.2. The second-order valence-corrected chi connectivity index (χ2v) is 9.47. The smallest absolute Gasteiger partial charge is 0.322 e. The molecule has 0 aliphatic rings. The van der Waals surface area contributed by atoms with Gasteiger partial charge in [-0.3, -0.25) is 24.2 Å². The van der Waals surface area contributed by atoms with Gasteiger partial charge in [0.2, 0.25) is 17.7 Å². The van der Waals surface area contributed by atoms with Crippen molar-refractivity contribution in [3.05, 3.63) is 53.6 Å². The molecule has 0 saturated heterocycles. The number of carbonyl (C=O) groups excluding carboxylic acids is 3. The lowest BCUT2D eigenvalue weighted by molar-refractivity contribution is -0.138. The molecule has 0 spiro atoms. The average Bonchev–Trinajstić information content (AvgIpc) is 3.34. The third-order valence-corrected chi connectivity index (χ3v) is 5.39. The molecule has 1 aromatic heterocycles. The third kappa shape index (κ3) is 25.2. The minimum atomic E-state index is -1.20. The van der Waals surface area contributed by atoms with Gasteiger partial charge in [0.1, 0.15) is 12.6 Å². The number of aryl methyl sites for hydroxylation is 1. The summed E-state index contributed by atoms with van der Waals surface area (Å²) < 4.78 is 0.692. The maximum Gasteiger partial charge on any atom is 0.322 e. The second kappa shape index (κ2) is 25.4. The van der Waals surface area contributed by atoms with Crippen molar-refractivity contribution in [1.29, 1.82) is 0 Å². The summed E-state index contributed by atoms with van der Waals surface area (Å²) in [5.41, 5.74) is 23.8. The number of nitrogens with two attached hydrogens (primary N) is 4. The van der Waals surface area contributed by atoms with Crippen molar-refractivity contribution in [3.8, 4) is 0 Å². The first-order valence-electron chi connectivity index (χ1n) is 13.5. The molecule has 15 nitrogen and oxygen atoms in total. The Morgan fingerprint density at radius 1 is 1.09 bits per heavy atom. The van der Waals surface area contributed by atoms with Crippen molar-refractivity contribution in [2.24, 2.45) is 27.9 Å². The van der Waals surface area contributed by atoms with Crippen LogP contribution in [0.15, 0.2) is 48.1 Å².